The summed E-state index contributed by atoms with van der Waals surface area (Å²) in [7, 11) is -4.16. The van der Waals surface area contributed by atoms with Gasteiger partial charge in [-0.2, -0.15) is 4.31 Å². The van der Waals surface area contributed by atoms with Crippen molar-refractivity contribution in [2.45, 2.75) is 24.3 Å². The van der Waals surface area contributed by atoms with E-state index in [9.17, 15) is 23.1 Å². The topological polar surface area (TPSA) is 104 Å². The largest absolute Gasteiger partial charge is 0.507 e. The average molecular weight is 298 g/mol. The number of rotatable bonds is 2. The number of carbonyl (C=O) groups is 2. The minimum absolute atomic E-state index is 0.337. The van der Waals surface area contributed by atoms with E-state index in [-0.39, 0.29) is 4.90 Å². The van der Waals surface area contributed by atoms with E-state index in [2.05, 4.69) is 5.32 Å². The molecule has 1 aliphatic rings. The summed E-state index contributed by atoms with van der Waals surface area (Å²) >= 11 is 0. The molecular formula is C12H14N2O5S. The van der Waals surface area contributed by atoms with E-state index in [1.807, 2.05) is 0 Å². The van der Waals surface area contributed by atoms with Gasteiger partial charge in [-0.25, -0.2) is 8.42 Å². The van der Waals surface area contributed by atoms with Crippen LogP contribution in [0.15, 0.2) is 29.2 Å². The highest BCUT2D eigenvalue weighted by atomic mass is 32.2. The third-order valence-corrected chi connectivity index (χ3v) is 5.22. The number of phenols is 1. The van der Waals surface area contributed by atoms with E-state index >= 15 is 0 Å². The SMILES string of the molecule is CC1(C)C(=O)NC(=O)CN1S(=O)(=O)c1ccccc1O. The van der Waals surface area contributed by atoms with Crippen molar-refractivity contribution >= 4 is 21.8 Å². The zero-order valence-corrected chi connectivity index (χ0v) is 11.8. The molecule has 0 bridgehead atoms. The Morgan fingerprint density at radius 2 is 1.85 bits per heavy atom. The highest BCUT2D eigenvalue weighted by Gasteiger charge is 2.48. The summed E-state index contributed by atoms with van der Waals surface area (Å²) in [4.78, 5) is 22.9. The van der Waals surface area contributed by atoms with Gasteiger partial charge in [-0.05, 0) is 26.0 Å². The average Bonchev–Trinajstić information content (AvgIpc) is 2.34. The van der Waals surface area contributed by atoms with Crippen molar-refractivity contribution in [1.29, 1.82) is 0 Å². The number of hydrogen-bond acceptors (Lipinski definition) is 5. The fourth-order valence-electron chi connectivity index (χ4n) is 1.94. The molecule has 0 saturated carbocycles. The van der Waals surface area contributed by atoms with Crippen LogP contribution in [0.25, 0.3) is 0 Å². The second-order valence-electron chi connectivity index (χ2n) is 4.92. The summed E-state index contributed by atoms with van der Waals surface area (Å²) in [6.45, 7) is 2.31. The molecule has 108 valence electrons. The molecule has 20 heavy (non-hydrogen) atoms. The standard InChI is InChI=1S/C12H14N2O5S/c1-12(2)11(17)13-10(16)7-14(12)20(18,19)9-6-4-3-5-8(9)15/h3-6,15H,7H2,1-2H3,(H,13,16,17). The van der Waals surface area contributed by atoms with Gasteiger partial charge in [0.05, 0.1) is 6.54 Å². The van der Waals surface area contributed by atoms with E-state index in [0.29, 0.717) is 0 Å². The smallest absolute Gasteiger partial charge is 0.248 e. The lowest BCUT2D eigenvalue weighted by Gasteiger charge is -2.38. The van der Waals surface area contributed by atoms with E-state index in [4.69, 9.17) is 0 Å². The van der Waals surface area contributed by atoms with Crippen LogP contribution in [-0.4, -0.2) is 41.7 Å². The summed E-state index contributed by atoms with van der Waals surface area (Å²) in [6.07, 6.45) is 0. The number of phenolic OH excluding ortho intramolecular Hbond substituents is 1. The quantitative estimate of drug-likeness (QED) is 0.737. The van der Waals surface area contributed by atoms with Gasteiger partial charge >= 0.3 is 0 Å². The summed E-state index contributed by atoms with van der Waals surface area (Å²) in [6, 6.07) is 5.38. The van der Waals surface area contributed by atoms with Crippen molar-refractivity contribution in [3.8, 4) is 5.75 Å². The first kappa shape index (κ1) is 14.5. The summed E-state index contributed by atoms with van der Waals surface area (Å²) in [5, 5.41) is 11.8. The summed E-state index contributed by atoms with van der Waals surface area (Å²) in [5.74, 6) is -1.83. The minimum atomic E-state index is -4.16. The molecule has 7 nitrogen and oxygen atoms in total. The van der Waals surface area contributed by atoms with Crippen molar-refractivity contribution in [2.75, 3.05) is 6.54 Å². The summed E-state index contributed by atoms with van der Waals surface area (Å²) in [5.41, 5.74) is -1.42. The number of aromatic hydroxyl groups is 1. The van der Waals surface area contributed by atoms with Gasteiger partial charge in [-0.3, -0.25) is 14.9 Å². The van der Waals surface area contributed by atoms with Crippen LogP contribution < -0.4 is 5.32 Å². The first-order valence-electron chi connectivity index (χ1n) is 5.82. The van der Waals surface area contributed by atoms with Crippen LogP contribution in [0.3, 0.4) is 0 Å². The third-order valence-electron chi connectivity index (χ3n) is 3.15. The Hall–Kier alpha value is -1.93. The Bertz CT molecular complexity index is 681. The Morgan fingerprint density at radius 1 is 1.25 bits per heavy atom. The van der Waals surface area contributed by atoms with E-state index in [1.54, 1.807) is 0 Å². The lowest BCUT2D eigenvalue weighted by molar-refractivity contribution is -0.141. The van der Waals surface area contributed by atoms with Crippen LogP contribution in [-0.2, 0) is 19.6 Å². The number of amides is 2. The molecule has 0 aromatic heterocycles. The van der Waals surface area contributed by atoms with Gasteiger partial charge in [0, 0.05) is 0 Å². The van der Waals surface area contributed by atoms with Gasteiger partial charge in [-0.1, -0.05) is 12.1 Å². The first-order chi connectivity index (χ1) is 9.17. The maximum Gasteiger partial charge on any atom is 0.248 e. The normalized spacial score (nSPS) is 19.7. The number of nitrogens with zero attached hydrogens (tertiary/aromatic N) is 1. The number of nitrogens with one attached hydrogen (secondary N) is 1. The molecule has 1 aliphatic heterocycles. The number of hydrogen-bond donors (Lipinski definition) is 2. The van der Waals surface area contributed by atoms with Gasteiger partial charge in [0.15, 0.2) is 0 Å². The minimum Gasteiger partial charge on any atom is -0.507 e. The van der Waals surface area contributed by atoms with E-state index in [1.165, 1.54) is 38.1 Å². The number of imide groups is 1. The van der Waals surface area contributed by atoms with Crippen molar-refractivity contribution < 1.29 is 23.1 Å². The van der Waals surface area contributed by atoms with Crippen LogP contribution >= 0.6 is 0 Å². The van der Waals surface area contributed by atoms with Crippen LogP contribution in [0.2, 0.25) is 0 Å². The molecule has 1 saturated heterocycles. The Labute approximate surface area is 116 Å². The van der Waals surface area contributed by atoms with Crippen LogP contribution in [0.4, 0.5) is 0 Å². The number of benzene rings is 1. The maximum absolute atomic E-state index is 12.5. The Kier molecular flexibility index (Phi) is 3.31. The molecule has 2 N–H and O–H groups in total. The molecule has 1 aromatic rings. The molecule has 0 atom stereocenters. The van der Waals surface area contributed by atoms with Crippen molar-refractivity contribution in [1.82, 2.24) is 9.62 Å². The maximum atomic E-state index is 12.5. The fourth-order valence-corrected chi connectivity index (χ4v) is 3.73. The fraction of sp³-hybridized carbons (Fsp3) is 0.333. The third kappa shape index (κ3) is 2.16. The predicted molar refractivity (Wildman–Crippen MR) is 69.2 cm³/mol. The number of para-hydroxylation sites is 1. The van der Waals surface area contributed by atoms with Crippen molar-refractivity contribution in [3.05, 3.63) is 24.3 Å². The van der Waals surface area contributed by atoms with Gasteiger partial charge in [0.1, 0.15) is 16.2 Å². The number of carbonyl (C=O) groups excluding carboxylic acids is 2. The van der Waals surface area contributed by atoms with Gasteiger partial charge in [0.2, 0.25) is 21.8 Å². The van der Waals surface area contributed by atoms with Gasteiger partial charge in [0.25, 0.3) is 0 Å². The van der Waals surface area contributed by atoms with Gasteiger partial charge in [-0.15, -0.1) is 0 Å². The second-order valence-corrected chi connectivity index (χ2v) is 6.75. The highest BCUT2D eigenvalue weighted by molar-refractivity contribution is 7.89. The van der Waals surface area contributed by atoms with Gasteiger partial charge < -0.3 is 5.11 Å². The monoisotopic (exact) mass is 298 g/mol. The molecule has 0 spiro atoms. The summed E-state index contributed by atoms with van der Waals surface area (Å²) < 4.78 is 25.9. The highest BCUT2D eigenvalue weighted by Crippen LogP contribution is 2.31. The van der Waals surface area contributed by atoms with E-state index in [0.717, 1.165) is 4.31 Å². The lowest BCUT2D eigenvalue weighted by atomic mass is 10.0. The number of piperazine rings is 1. The van der Waals surface area contributed by atoms with Crippen LogP contribution in [0.5, 0.6) is 5.75 Å². The zero-order chi connectivity index (χ0) is 15.1. The zero-order valence-electron chi connectivity index (χ0n) is 11.0. The lowest BCUT2D eigenvalue weighted by Crippen LogP contribution is -2.65. The number of sulfonamides is 1. The first-order valence-corrected chi connectivity index (χ1v) is 7.26. The van der Waals surface area contributed by atoms with Crippen LogP contribution in [0, 0.1) is 0 Å². The second kappa shape index (κ2) is 4.57. The molecular weight excluding hydrogens is 284 g/mol. The molecule has 0 radical (unpaired) electrons. The molecule has 2 amide bonds. The molecule has 8 heteroatoms. The molecule has 2 rings (SSSR count). The molecule has 1 aromatic carbocycles. The van der Waals surface area contributed by atoms with E-state index < -0.39 is 39.7 Å². The predicted octanol–water partition coefficient (Wildman–Crippen LogP) is -0.182. The van der Waals surface area contributed by atoms with Crippen molar-refractivity contribution in [2.24, 2.45) is 0 Å². The molecule has 0 unspecified atom stereocenters. The molecule has 0 aliphatic carbocycles. The molecule has 1 fully saturated rings. The Balaban J connectivity index is 2.56. The van der Waals surface area contributed by atoms with Crippen molar-refractivity contribution in [3.63, 3.8) is 0 Å². The van der Waals surface area contributed by atoms with Crippen LogP contribution in [0.1, 0.15) is 13.8 Å². The molecule has 1 heterocycles. The Morgan fingerprint density at radius 3 is 2.45 bits per heavy atom.